The van der Waals surface area contributed by atoms with Gasteiger partial charge in [-0.05, 0) is 37.6 Å². The molecule has 1 rings (SSSR count). The van der Waals surface area contributed by atoms with Crippen molar-refractivity contribution < 1.29 is 0 Å². The van der Waals surface area contributed by atoms with Crippen LogP contribution >= 0.6 is 0 Å². The van der Waals surface area contributed by atoms with Gasteiger partial charge in [0.25, 0.3) is 0 Å². The lowest BCUT2D eigenvalue weighted by molar-refractivity contribution is 0.208. The maximum absolute atomic E-state index is 8.40. The quantitative estimate of drug-likeness (QED) is 0.680. The van der Waals surface area contributed by atoms with Gasteiger partial charge in [-0.15, -0.1) is 0 Å². The van der Waals surface area contributed by atoms with Gasteiger partial charge in [-0.1, -0.05) is 26.2 Å². The summed E-state index contributed by atoms with van der Waals surface area (Å²) in [5.74, 6) is 0. The Balaban J connectivity index is 2.01. The van der Waals surface area contributed by atoms with Crippen LogP contribution in [0.1, 0.15) is 58.3 Å². The normalized spacial score (nSPS) is 19.7. The summed E-state index contributed by atoms with van der Waals surface area (Å²) < 4.78 is 0. The molecule has 0 saturated heterocycles. The van der Waals surface area contributed by atoms with Crippen LogP contribution in [0.25, 0.3) is 0 Å². The van der Waals surface area contributed by atoms with Gasteiger partial charge in [0.05, 0.1) is 6.07 Å². The van der Waals surface area contributed by atoms with Crippen LogP contribution in [-0.2, 0) is 0 Å². The minimum absolute atomic E-state index is 0.549. The van der Waals surface area contributed by atoms with Crippen molar-refractivity contribution in [3.63, 3.8) is 0 Å². The van der Waals surface area contributed by atoms with Gasteiger partial charge in [-0.3, -0.25) is 0 Å². The predicted octanol–water partition coefficient (Wildman–Crippen LogP) is 3.24. The summed E-state index contributed by atoms with van der Waals surface area (Å²) in [7, 11) is 0. The zero-order chi connectivity index (χ0) is 11.0. The third-order valence-electron chi connectivity index (χ3n) is 3.50. The maximum atomic E-state index is 8.40. The summed E-state index contributed by atoms with van der Waals surface area (Å²) >= 11 is 0. The molecule has 0 spiro atoms. The first-order valence-corrected chi connectivity index (χ1v) is 6.34. The molecule has 2 heteroatoms. The number of rotatable bonds is 6. The van der Waals surface area contributed by atoms with Crippen LogP contribution in [0.15, 0.2) is 0 Å². The number of hydrogen-bond acceptors (Lipinski definition) is 2. The van der Waals surface area contributed by atoms with E-state index in [-0.39, 0.29) is 0 Å². The Labute approximate surface area is 94.1 Å². The molecule has 0 atom stereocenters. The van der Waals surface area contributed by atoms with Gasteiger partial charge in [0.1, 0.15) is 0 Å². The summed E-state index contributed by atoms with van der Waals surface area (Å²) in [5.41, 5.74) is 0.549. The molecule has 0 aromatic heterocycles. The second-order valence-corrected chi connectivity index (χ2v) is 5.16. The van der Waals surface area contributed by atoms with Crippen LogP contribution in [0.2, 0.25) is 0 Å². The summed E-state index contributed by atoms with van der Waals surface area (Å²) in [5, 5.41) is 11.9. The zero-order valence-electron chi connectivity index (χ0n) is 10.0. The minimum atomic E-state index is 0.549. The largest absolute Gasteiger partial charge is 0.316 e. The highest BCUT2D eigenvalue weighted by molar-refractivity contribution is 4.80. The van der Waals surface area contributed by atoms with E-state index in [1.54, 1.807) is 0 Å². The Kier molecular flexibility index (Phi) is 5.71. The molecule has 0 radical (unpaired) electrons. The fraction of sp³-hybridized carbons (Fsp3) is 0.923. The topological polar surface area (TPSA) is 35.8 Å². The zero-order valence-corrected chi connectivity index (χ0v) is 10.0. The van der Waals surface area contributed by atoms with Gasteiger partial charge >= 0.3 is 0 Å². The van der Waals surface area contributed by atoms with E-state index in [4.69, 9.17) is 5.26 Å². The number of nitrogens with zero attached hydrogens (tertiary/aromatic N) is 1. The summed E-state index contributed by atoms with van der Waals surface area (Å²) in [6, 6.07) is 2.19. The first-order valence-electron chi connectivity index (χ1n) is 6.34. The lowest BCUT2D eigenvalue weighted by atomic mass is 9.76. The van der Waals surface area contributed by atoms with Gasteiger partial charge in [-0.25, -0.2) is 0 Å². The first kappa shape index (κ1) is 12.5. The molecule has 1 aliphatic carbocycles. The Morgan fingerprint density at radius 3 is 2.60 bits per heavy atom. The first-order chi connectivity index (χ1) is 7.27. The maximum Gasteiger partial charge on any atom is 0.0621 e. The Morgan fingerprint density at radius 2 is 1.93 bits per heavy atom. The molecule has 1 saturated carbocycles. The molecule has 1 fully saturated rings. The fourth-order valence-corrected chi connectivity index (χ4v) is 2.43. The van der Waals surface area contributed by atoms with E-state index in [1.165, 1.54) is 38.6 Å². The molecule has 0 amide bonds. The molecule has 0 aromatic carbocycles. The smallest absolute Gasteiger partial charge is 0.0621 e. The average molecular weight is 208 g/mol. The van der Waals surface area contributed by atoms with E-state index >= 15 is 0 Å². The molecule has 0 aromatic rings. The number of nitriles is 1. The van der Waals surface area contributed by atoms with Crippen LogP contribution < -0.4 is 5.32 Å². The second-order valence-electron chi connectivity index (χ2n) is 5.16. The van der Waals surface area contributed by atoms with E-state index in [1.807, 2.05) is 0 Å². The van der Waals surface area contributed by atoms with Crippen LogP contribution in [-0.4, -0.2) is 13.1 Å². The predicted molar refractivity (Wildman–Crippen MR) is 63.5 cm³/mol. The fourth-order valence-electron chi connectivity index (χ4n) is 2.43. The van der Waals surface area contributed by atoms with E-state index in [9.17, 15) is 0 Å². The second kappa shape index (κ2) is 6.85. The molecule has 0 unspecified atom stereocenters. The van der Waals surface area contributed by atoms with Crippen molar-refractivity contribution in [3.8, 4) is 6.07 Å². The third kappa shape index (κ3) is 5.18. The standard InChI is InChI=1S/C13H24N2/c1-13(8-4-2-5-9-13)12-15-11-7-3-6-10-14/h15H,2-9,11-12H2,1H3. The molecule has 0 aliphatic heterocycles. The molecule has 1 N–H and O–H groups in total. The van der Waals surface area contributed by atoms with E-state index in [0.29, 0.717) is 11.8 Å². The van der Waals surface area contributed by atoms with Crippen molar-refractivity contribution in [3.05, 3.63) is 0 Å². The Hall–Kier alpha value is -0.550. The third-order valence-corrected chi connectivity index (χ3v) is 3.50. The molecular formula is C13H24N2. The van der Waals surface area contributed by atoms with Gasteiger partial charge in [-0.2, -0.15) is 5.26 Å². The number of unbranched alkanes of at least 4 members (excludes halogenated alkanes) is 2. The highest BCUT2D eigenvalue weighted by Gasteiger charge is 2.25. The highest BCUT2D eigenvalue weighted by Crippen LogP contribution is 2.34. The van der Waals surface area contributed by atoms with Gasteiger partial charge < -0.3 is 5.32 Å². The van der Waals surface area contributed by atoms with Crippen molar-refractivity contribution in [2.75, 3.05) is 13.1 Å². The van der Waals surface area contributed by atoms with Crippen molar-refractivity contribution >= 4 is 0 Å². The molecule has 0 bridgehead atoms. The average Bonchev–Trinajstić information content (AvgIpc) is 2.24. The van der Waals surface area contributed by atoms with Crippen LogP contribution in [0.4, 0.5) is 0 Å². The van der Waals surface area contributed by atoms with Crippen molar-refractivity contribution in [1.29, 1.82) is 5.26 Å². The number of hydrogen-bond donors (Lipinski definition) is 1. The molecular weight excluding hydrogens is 184 g/mol. The van der Waals surface area contributed by atoms with Crippen LogP contribution in [0.3, 0.4) is 0 Å². The van der Waals surface area contributed by atoms with Gasteiger partial charge in [0.15, 0.2) is 0 Å². The van der Waals surface area contributed by atoms with E-state index in [0.717, 1.165) is 19.4 Å². The lowest BCUT2D eigenvalue weighted by Crippen LogP contribution is -2.34. The van der Waals surface area contributed by atoms with Crippen molar-refractivity contribution in [2.24, 2.45) is 5.41 Å². The minimum Gasteiger partial charge on any atom is -0.316 e. The van der Waals surface area contributed by atoms with E-state index < -0.39 is 0 Å². The highest BCUT2D eigenvalue weighted by atomic mass is 14.9. The summed E-state index contributed by atoms with van der Waals surface area (Å²) in [4.78, 5) is 0. The lowest BCUT2D eigenvalue weighted by Gasteiger charge is -2.33. The number of nitrogens with one attached hydrogen (secondary N) is 1. The van der Waals surface area contributed by atoms with Crippen molar-refractivity contribution in [2.45, 2.75) is 58.3 Å². The van der Waals surface area contributed by atoms with Crippen molar-refractivity contribution in [1.82, 2.24) is 5.32 Å². The SMILES string of the molecule is CC1(CNCCCCC#N)CCCCC1. The van der Waals surface area contributed by atoms with Gasteiger partial charge in [0.2, 0.25) is 0 Å². The molecule has 2 nitrogen and oxygen atoms in total. The molecule has 86 valence electrons. The monoisotopic (exact) mass is 208 g/mol. The summed E-state index contributed by atoms with van der Waals surface area (Å²) in [6.07, 6.45) is 9.91. The van der Waals surface area contributed by atoms with Crippen LogP contribution in [0, 0.1) is 16.7 Å². The summed E-state index contributed by atoms with van der Waals surface area (Å²) in [6.45, 7) is 4.66. The Morgan fingerprint density at radius 1 is 1.20 bits per heavy atom. The van der Waals surface area contributed by atoms with E-state index in [2.05, 4.69) is 18.3 Å². The molecule has 15 heavy (non-hydrogen) atoms. The molecule has 0 heterocycles. The molecule has 1 aliphatic rings. The van der Waals surface area contributed by atoms with Gasteiger partial charge in [0, 0.05) is 13.0 Å². The van der Waals surface area contributed by atoms with Crippen LogP contribution in [0.5, 0.6) is 0 Å². The Bertz CT molecular complexity index is 199.